The van der Waals surface area contributed by atoms with Crippen LogP contribution in [-0.2, 0) is 18.0 Å². The molecule has 2 aliphatic heterocycles. The summed E-state index contributed by atoms with van der Waals surface area (Å²) in [6.45, 7) is 12.1. The number of rotatable bonds is 12. The Morgan fingerprint density at radius 1 is 1.18 bits per heavy atom. The SMILES string of the molecule is CCO[Si](CCCC(C1CO1)N1CCNC1)(OCC)OCC. The number of ether oxygens (including phenoxy) is 1. The molecule has 0 saturated carbocycles. The van der Waals surface area contributed by atoms with Gasteiger partial charge in [0.25, 0.3) is 0 Å². The van der Waals surface area contributed by atoms with Crippen molar-refractivity contribution in [3.8, 4) is 0 Å². The molecule has 0 aromatic carbocycles. The van der Waals surface area contributed by atoms with E-state index in [2.05, 4.69) is 10.2 Å². The summed E-state index contributed by atoms with van der Waals surface area (Å²) in [4.78, 5) is 2.50. The van der Waals surface area contributed by atoms with Crippen LogP contribution in [0.3, 0.4) is 0 Å². The number of epoxide rings is 1. The molecule has 0 bridgehead atoms. The van der Waals surface area contributed by atoms with Crippen LogP contribution in [0.4, 0.5) is 0 Å². The summed E-state index contributed by atoms with van der Waals surface area (Å²) in [6, 6.07) is 1.42. The first-order valence-corrected chi connectivity index (χ1v) is 10.7. The van der Waals surface area contributed by atoms with E-state index in [0.717, 1.165) is 45.3 Å². The first kappa shape index (κ1) is 18.3. The van der Waals surface area contributed by atoms with Gasteiger partial charge < -0.3 is 23.3 Å². The van der Waals surface area contributed by atoms with E-state index in [1.165, 1.54) is 0 Å². The maximum absolute atomic E-state index is 5.93. The molecule has 7 heteroatoms. The van der Waals surface area contributed by atoms with E-state index in [0.29, 0.717) is 32.0 Å². The largest absolute Gasteiger partial charge is 0.500 e. The average molecular weight is 333 g/mol. The highest BCUT2D eigenvalue weighted by molar-refractivity contribution is 6.60. The maximum Gasteiger partial charge on any atom is 0.500 e. The summed E-state index contributed by atoms with van der Waals surface area (Å²) >= 11 is 0. The Balaban J connectivity index is 1.84. The molecule has 2 unspecified atom stereocenters. The van der Waals surface area contributed by atoms with Crippen molar-refractivity contribution in [1.82, 2.24) is 10.2 Å². The molecular weight excluding hydrogens is 300 g/mol. The van der Waals surface area contributed by atoms with Crippen molar-refractivity contribution in [2.24, 2.45) is 0 Å². The third-order valence-corrected chi connectivity index (χ3v) is 7.38. The Morgan fingerprint density at radius 2 is 1.82 bits per heavy atom. The van der Waals surface area contributed by atoms with E-state index in [-0.39, 0.29) is 0 Å². The normalized spacial score (nSPS) is 23.9. The molecule has 130 valence electrons. The van der Waals surface area contributed by atoms with Gasteiger partial charge in [-0.05, 0) is 33.6 Å². The second-order valence-electron chi connectivity index (χ2n) is 5.78. The molecule has 1 N–H and O–H groups in total. The molecule has 0 spiro atoms. The maximum atomic E-state index is 5.93. The zero-order chi connectivity index (χ0) is 15.8. The molecule has 2 rings (SSSR count). The van der Waals surface area contributed by atoms with Crippen molar-refractivity contribution in [3.63, 3.8) is 0 Å². The molecule has 0 aromatic rings. The van der Waals surface area contributed by atoms with Crippen LogP contribution in [0.1, 0.15) is 33.6 Å². The summed E-state index contributed by atoms with van der Waals surface area (Å²) in [6.07, 6.45) is 2.60. The van der Waals surface area contributed by atoms with Gasteiger partial charge in [0.1, 0.15) is 0 Å². The van der Waals surface area contributed by atoms with Gasteiger partial charge in [-0.25, -0.2) is 0 Å². The van der Waals surface area contributed by atoms with Crippen molar-refractivity contribution < 1.29 is 18.0 Å². The summed E-state index contributed by atoms with van der Waals surface area (Å²) in [5.41, 5.74) is 0. The highest BCUT2D eigenvalue weighted by Gasteiger charge is 2.42. The molecule has 2 fully saturated rings. The molecule has 2 atom stereocenters. The third kappa shape index (κ3) is 5.26. The number of nitrogens with zero attached hydrogens (tertiary/aromatic N) is 1. The fourth-order valence-corrected chi connectivity index (χ4v) is 5.86. The van der Waals surface area contributed by atoms with Gasteiger partial charge in [-0.2, -0.15) is 0 Å². The zero-order valence-electron chi connectivity index (χ0n) is 14.3. The molecule has 0 aliphatic carbocycles. The lowest BCUT2D eigenvalue weighted by atomic mass is 10.1. The summed E-state index contributed by atoms with van der Waals surface area (Å²) in [5.74, 6) is 0. The summed E-state index contributed by atoms with van der Waals surface area (Å²) < 4.78 is 23.3. The molecule has 2 aliphatic rings. The van der Waals surface area contributed by atoms with Gasteiger partial charge in [0.2, 0.25) is 0 Å². The predicted octanol–water partition coefficient (Wildman–Crippen LogP) is 1.45. The van der Waals surface area contributed by atoms with E-state index >= 15 is 0 Å². The van der Waals surface area contributed by atoms with Crippen LogP contribution in [-0.4, -0.2) is 72.0 Å². The number of hydrogen-bond acceptors (Lipinski definition) is 6. The van der Waals surface area contributed by atoms with E-state index in [4.69, 9.17) is 18.0 Å². The quantitative estimate of drug-likeness (QED) is 0.431. The average Bonchev–Trinajstić information content (AvgIpc) is 3.19. The van der Waals surface area contributed by atoms with Crippen LogP contribution in [0.2, 0.25) is 6.04 Å². The minimum absolute atomic E-state index is 0.419. The molecule has 22 heavy (non-hydrogen) atoms. The number of nitrogens with one attached hydrogen (secondary N) is 1. The van der Waals surface area contributed by atoms with E-state index in [9.17, 15) is 0 Å². The lowest BCUT2D eigenvalue weighted by molar-refractivity contribution is 0.0696. The second kappa shape index (κ2) is 9.32. The van der Waals surface area contributed by atoms with Gasteiger partial charge in [-0.1, -0.05) is 0 Å². The van der Waals surface area contributed by atoms with Gasteiger partial charge in [0, 0.05) is 51.7 Å². The van der Waals surface area contributed by atoms with Crippen molar-refractivity contribution in [2.45, 2.75) is 51.8 Å². The first-order chi connectivity index (χ1) is 10.7. The first-order valence-electron chi connectivity index (χ1n) is 8.73. The zero-order valence-corrected chi connectivity index (χ0v) is 15.3. The lowest BCUT2D eigenvalue weighted by Gasteiger charge is -2.30. The van der Waals surface area contributed by atoms with Crippen LogP contribution in [0.25, 0.3) is 0 Å². The predicted molar refractivity (Wildman–Crippen MR) is 87.8 cm³/mol. The fourth-order valence-electron chi connectivity index (χ4n) is 3.22. The van der Waals surface area contributed by atoms with Crippen molar-refractivity contribution in [3.05, 3.63) is 0 Å². The Morgan fingerprint density at radius 3 is 2.27 bits per heavy atom. The second-order valence-corrected chi connectivity index (χ2v) is 8.52. The minimum atomic E-state index is -2.49. The lowest BCUT2D eigenvalue weighted by Crippen LogP contribution is -2.46. The Hall–Kier alpha value is -0.0231. The molecule has 0 radical (unpaired) electrons. The molecule has 0 amide bonds. The topological polar surface area (TPSA) is 55.5 Å². The van der Waals surface area contributed by atoms with Crippen LogP contribution >= 0.6 is 0 Å². The summed E-state index contributed by atoms with van der Waals surface area (Å²) in [5, 5.41) is 3.41. The van der Waals surface area contributed by atoms with Crippen LogP contribution in [0, 0.1) is 0 Å². The van der Waals surface area contributed by atoms with Crippen LogP contribution in [0.5, 0.6) is 0 Å². The van der Waals surface area contributed by atoms with Crippen molar-refractivity contribution in [1.29, 1.82) is 0 Å². The highest BCUT2D eigenvalue weighted by atomic mass is 28.4. The summed E-state index contributed by atoms with van der Waals surface area (Å²) in [7, 11) is -2.49. The number of hydrogen-bond donors (Lipinski definition) is 1. The van der Waals surface area contributed by atoms with Crippen LogP contribution in [0.15, 0.2) is 0 Å². The van der Waals surface area contributed by atoms with E-state index in [1.54, 1.807) is 0 Å². The Kier molecular flexibility index (Phi) is 7.76. The van der Waals surface area contributed by atoms with Crippen LogP contribution < -0.4 is 5.32 Å². The van der Waals surface area contributed by atoms with E-state index in [1.807, 2.05) is 20.8 Å². The smallest absolute Gasteiger partial charge is 0.374 e. The molecule has 6 nitrogen and oxygen atoms in total. The van der Waals surface area contributed by atoms with Gasteiger partial charge in [0.05, 0.1) is 12.7 Å². The monoisotopic (exact) mass is 332 g/mol. The fraction of sp³-hybridized carbons (Fsp3) is 1.00. The highest BCUT2D eigenvalue weighted by Crippen LogP contribution is 2.27. The molecule has 2 saturated heterocycles. The minimum Gasteiger partial charge on any atom is -0.374 e. The Bertz CT molecular complexity index is 295. The third-order valence-electron chi connectivity index (χ3n) is 4.22. The van der Waals surface area contributed by atoms with Gasteiger partial charge in [0.15, 0.2) is 0 Å². The van der Waals surface area contributed by atoms with Gasteiger partial charge in [-0.15, -0.1) is 0 Å². The van der Waals surface area contributed by atoms with Gasteiger partial charge in [-0.3, -0.25) is 4.90 Å². The van der Waals surface area contributed by atoms with Crippen molar-refractivity contribution in [2.75, 3.05) is 46.2 Å². The molecule has 2 heterocycles. The van der Waals surface area contributed by atoms with Gasteiger partial charge >= 0.3 is 8.80 Å². The standard InChI is InChI=1S/C15H32N2O4Si/c1-4-19-22(20-5-2,21-6-3)11-7-8-14(15-12-18-15)17-10-9-16-13-17/h14-16H,4-13H2,1-3H3. The molecular formula is C15H32N2O4Si. The van der Waals surface area contributed by atoms with E-state index < -0.39 is 8.80 Å². The van der Waals surface area contributed by atoms with Crippen molar-refractivity contribution >= 4 is 8.80 Å². The Labute approximate surface area is 135 Å². The molecule has 0 aromatic heterocycles.